The van der Waals surface area contributed by atoms with E-state index in [1.807, 2.05) is 30.0 Å². The second-order valence-electron chi connectivity index (χ2n) is 4.64. The van der Waals surface area contributed by atoms with Gasteiger partial charge in [0.1, 0.15) is 0 Å². The van der Waals surface area contributed by atoms with Crippen LogP contribution >= 0.6 is 15.9 Å². The van der Waals surface area contributed by atoms with Crippen molar-refractivity contribution >= 4 is 21.8 Å². The molecule has 100 valence electrons. The van der Waals surface area contributed by atoms with Gasteiger partial charge in [0.25, 0.3) is 5.91 Å². The second-order valence-corrected chi connectivity index (χ2v) is 5.50. The molecule has 1 aliphatic rings. The highest BCUT2D eigenvalue weighted by atomic mass is 79.9. The Bertz CT molecular complexity index is 531. The molecule has 2 rings (SSSR count). The fourth-order valence-corrected chi connectivity index (χ4v) is 2.63. The van der Waals surface area contributed by atoms with Gasteiger partial charge in [-0.05, 0) is 43.0 Å². The van der Waals surface area contributed by atoms with Crippen LogP contribution in [-0.2, 0) is 0 Å². The Balaban J connectivity index is 2.09. The highest BCUT2D eigenvalue weighted by Gasteiger charge is 2.24. The number of hydrogen-bond donors (Lipinski definition) is 0. The van der Waals surface area contributed by atoms with E-state index in [1.165, 1.54) is 0 Å². The van der Waals surface area contributed by atoms with Crippen LogP contribution in [0.2, 0.25) is 0 Å². The Kier molecular flexibility index (Phi) is 4.45. The lowest BCUT2D eigenvalue weighted by atomic mass is 10.0. The molecule has 6 heteroatoms. The van der Waals surface area contributed by atoms with Crippen molar-refractivity contribution in [2.24, 2.45) is 5.11 Å². The first-order valence-electron chi connectivity index (χ1n) is 6.22. The summed E-state index contributed by atoms with van der Waals surface area (Å²) in [6.45, 7) is 3.23. The summed E-state index contributed by atoms with van der Waals surface area (Å²) >= 11 is 3.44. The molecule has 1 heterocycles. The van der Waals surface area contributed by atoms with Crippen molar-refractivity contribution in [1.82, 2.24) is 4.90 Å². The van der Waals surface area contributed by atoms with Gasteiger partial charge in [-0.2, -0.15) is 0 Å². The summed E-state index contributed by atoms with van der Waals surface area (Å²) in [5, 5.41) is 3.72. The maximum absolute atomic E-state index is 12.4. The van der Waals surface area contributed by atoms with E-state index in [2.05, 4.69) is 26.0 Å². The zero-order valence-electron chi connectivity index (χ0n) is 10.7. The Morgan fingerprint density at radius 2 is 2.16 bits per heavy atom. The molecular weight excluding hydrogens is 308 g/mol. The summed E-state index contributed by atoms with van der Waals surface area (Å²) in [4.78, 5) is 17.1. The fourth-order valence-electron chi connectivity index (χ4n) is 2.27. The topological polar surface area (TPSA) is 69.1 Å². The Hall–Kier alpha value is -1.52. The molecule has 1 saturated heterocycles. The number of rotatable bonds is 2. The first-order chi connectivity index (χ1) is 9.13. The van der Waals surface area contributed by atoms with E-state index in [0.717, 1.165) is 28.4 Å². The molecule has 0 aliphatic carbocycles. The largest absolute Gasteiger partial charge is 0.339 e. The average molecular weight is 323 g/mol. The number of benzene rings is 1. The van der Waals surface area contributed by atoms with E-state index in [0.29, 0.717) is 13.1 Å². The highest BCUT2D eigenvalue weighted by Crippen LogP contribution is 2.22. The summed E-state index contributed by atoms with van der Waals surface area (Å²) in [6.07, 6.45) is 1.48. The van der Waals surface area contributed by atoms with Crippen LogP contribution in [-0.4, -0.2) is 29.9 Å². The van der Waals surface area contributed by atoms with Gasteiger partial charge >= 0.3 is 0 Å². The van der Waals surface area contributed by atoms with Crippen LogP contribution in [0.15, 0.2) is 27.8 Å². The Labute approximate surface area is 120 Å². The van der Waals surface area contributed by atoms with Crippen LogP contribution in [0.25, 0.3) is 10.4 Å². The van der Waals surface area contributed by atoms with Crippen molar-refractivity contribution in [2.75, 3.05) is 13.1 Å². The van der Waals surface area contributed by atoms with E-state index in [4.69, 9.17) is 5.53 Å². The molecule has 1 aromatic carbocycles. The van der Waals surface area contributed by atoms with Crippen LogP contribution in [0.1, 0.15) is 28.8 Å². The minimum Gasteiger partial charge on any atom is -0.339 e. The summed E-state index contributed by atoms with van der Waals surface area (Å²) in [7, 11) is 0. The smallest absolute Gasteiger partial charge is 0.254 e. The van der Waals surface area contributed by atoms with Crippen LogP contribution < -0.4 is 0 Å². The molecule has 0 radical (unpaired) electrons. The minimum atomic E-state index is 0.0256. The number of carbonyl (C=O) groups excluding carboxylic acids is 1. The average Bonchev–Trinajstić information content (AvgIpc) is 2.42. The quantitative estimate of drug-likeness (QED) is 0.465. The number of piperidine rings is 1. The Morgan fingerprint density at radius 1 is 1.47 bits per heavy atom. The molecule has 0 aromatic heterocycles. The van der Waals surface area contributed by atoms with Gasteiger partial charge in [0.2, 0.25) is 0 Å². The second kappa shape index (κ2) is 6.08. The normalized spacial score (nSPS) is 16.0. The fraction of sp³-hybridized carbons (Fsp3) is 0.462. The van der Waals surface area contributed by atoms with E-state index >= 15 is 0 Å². The van der Waals surface area contributed by atoms with Crippen molar-refractivity contribution in [2.45, 2.75) is 25.8 Å². The van der Waals surface area contributed by atoms with Crippen molar-refractivity contribution in [3.63, 3.8) is 0 Å². The van der Waals surface area contributed by atoms with Gasteiger partial charge in [-0.15, -0.1) is 0 Å². The minimum absolute atomic E-state index is 0.0256. The van der Waals surface area contributed by atoms with E-state index in [9.17, 15) is 4.79 Å². The summed E-state index contributed by atoms with van der Waals surface area (Å²) < 4.78 is 0.947. The molecule has 1 amide bonds. The first kappa shape index (κ1) is 13.9. The van der Waals surface area contributed by atoms with Crippen molar-refractivity contribution in [1.29, 1.82) is 0 Å². The number of carbonyl (C=O) groups is 1. The lowest BCUT2D eigenvalue weighted by molar-refractivity contribution is 0.0714. The maximum atomic E-state index is 12.4. The molecule has 1 aromatic rings. The van der Waals surface area contributed by atoms with Gasteiger partial charge in [0.15, 0.2) is 0 Å². The molecule has 5 nitrogen and oxygen atoms in total. The van der Waals surface area contributed by atoms with Crippen LogP contribution in [0.5, 0.6) is 0 Å². The third-order valence-corrected chi connectivity index (χ3v) is 4.32. The Morgan fingerprint density at radius 3 is 2.79 bits per heavy atom. The molecule has 0 spiro atoms. The number of halogens is 1. The van der Waals surface area contributed by atoms with Crippen molar-refractivity contribution in [3.8, 4) is 0 Å². The summed E-state index contributed by atoms with van der Waals surface area (Å²) in [5.74, 6) is 0.0539. The zero-order chi connectivity index (χ0) is 13.8. The number of nitrogens with zero attached hydrogens (tertiary/aromatic N) is 4. The van der Waals surface area contributed by atoms with Gasteiger partial charge in [0, 0.05) is 34.1 Å². The molecule has 0 N–H and O–H groups in total. The van der Waals surface area contributed by atoms with Crippen molar-refractivity contribution in [3.05, 3.63) is 44.2 Å². The van der Waals surface area contributed by atoms with Crippen LogP contribution in [0, 0.1) is 6.92 Å². The number of amides is 1. The standard InChI is InChI=1S/C13H15BrN4O/c1-9-11(3-2-4-12(9)14)13(19)18-7-5-10(6-8-18)16-17-15/h2-4,10H,5-8H2,1H3. The highest BCUT2D eigenvalue weighted by molar-refractivity contribution is 9.10. The lowest BCUT2D eigenvalue weighted by Gasteiger charge is -2.30. The molecule has 1 fully saturated rings. The van der Waals surface area contributed by atoms with E-state index in [-0.39, 0.29) is 11.9 Å². The van der Waals surface area contributed by atoms with Crippen molar-refractivity contribution < 1.29 is 4.79 Å². The third-order valence-electron chi connectivity index (χ3n) is 3.46. The zero-order valence-corrected chi connectivity index (χ0v) is 12.3. The van der Waals surface area contributed by atoms with Gasteiger partial charge in [0.05, 0.1) is 0 Å². The predicted octanol–water partition coefficient (Wildman–Crippen LogP) is 3.67. The van der Waals surface area contributed by atoms with Crippen LogP contribution in [0.4, 0.5) is 0 Å². The number of likely N-dealkylation sites (tertiary alicyclic amines) is 1. The van der Waals surface area contributed by atoms with E-state index < -0.39 is 0 Å². The van der Waals surface area contributed by atoms with E-state index in [1.54, 1.807) is 0 Å². The lowest BCUT2D eigenvalue weighted by Crippen LogP contribution is -2.39. The molecule has 0 unspecified atom stereocenters. The molecule has 0 saturated carbocycles. The van der Waals surface area contributed by atoms with Crippen LogP contribution in [0.3, 0.4) is 0 Å². The number of azide groups is 1. The molecular formula is C13H15BrN4O. The third kappa shape index (κ3) is 3.08. The van der Waals surface area contributed by atoms with Gasteiger partial charge < -0.3 is 4.90 Å². The summed E-state index contributed by atoms with van der Waals surface area (Å²) in [5.41, 5.74) is 10.1. The van der Waals surface area contributed by atoms with Gasteiger partial charge in [-0.1, -0.05) is 27.1 Å². The van der Waals surface area contributed by atoms with Gasteiger partial charge in [-0.3, -0.25) is 4.79 Å². The van der Waals surface area contributed by atoms with Gasteiger partial charge in [-0.25, -0.2) is 0 Å². The molecule has 0 bridgehead atoms. The predicted molar refractivity (Wildman–Crippen MR) is 77.0 cm³/mol. The SMILES string of the molecule is Cc1c(Br)cccc1C(=O)N1CCC(N=[N+]=[N-])CC1. The maximum Gasteiger partial charge on any atom is 0.254 e. The number of hydrogen-bond acceptors (Lipinski definition) is 2. The molecule has 19 heavy (non-hydrogen) atoms. The molecule has 1 aliphatic heterocycles. The molecule has 0 atom stereocenters. The first-order valence-corrected chi connectivity index (χ1v) is 7.01. The monoisotopic (exact) mass is 322 g/mol. The summed E-state index contributed by atoms with van der Waals surface area (Å²) in [6, 6.07) is 5.68.